The van der Waals surface area contributed by atoms with E-state index >= 15 is 0 Å². The second-order valence-corrected chi connectivity index (χ2v) is 10.2. The Balaban J connectivity index is 1.77. The quantitative estimate of drug-likeness (QED) is 0.374. The summed E-state index contributed by atoms with van der Waals surface area (Å²) < 4.78 is 15.6. The molecule has 1 aliphatic heterocycles. The molecule has 5 nitrogen and oxygen atoms in total. The van der Waals surface area contributed by atoms with E-state index in [4.69, 9.17) is 16.7 Å². The highest BCUT2D eigenvalue weighted by molar-refractivity contribution is 6.30. The number of nitrogens with zero attached hydrogens (tertiary/aromatic N) is 5. The summed E-state index contributed by atoms with van der Waals surface area (Å²) in [7, 11) is 2.18. The first-order valence-electron chi connectivity index (χ1n) is 12.6. The Labute approximate surface area is 214 Å². The highest BCUT2D eigenvalue weighted by Gasteiger charge is 2.27. The molecule has 188 valence electrons. The number of rotatable bonds is 9. The fraction of sp³-hybridized carbons (Fsp3) is 0.464. The van der Waals surface area contributed by atoms with E-state index in [2.05, 4.69) is 53.3 Å². The zero-order valence-electron chi connectivity index (χ0n) is 21.3. The molecule has 0 bridgehead atoms. The highest BCUT2D eigenvalue weighted by Crippen LogP contribution is 2.32. The van der Waals surface area contributed by atoms with Crippen LogP contribution in [0.3, 0.4) is 0 Å². The molecule has 4 rings (SSSR count). The van der Waals surface area contributed by atoms with Gasteiger partial charge in [-0.3, -0.25) is 4.90 Å². The maximum atomic E-state index is 13.5. The normalized spacial score (nSPS) is 14.9. The fourth-order valence-corrected chi connectivity index (χ4v) is 4.85. The first-order valence-corrected chi connectivity index (χ1v) is 13.0. The number of likely N-dealkylation sites (N-methyl/N-ethyl adjacent to an activating group) is 1. The van der Waals surface area contributed by atoms with Crippen molar-refractivity contribution in [2.24, 2.45) is 0 Å². The molecular formula is C28H37ClFN5. The topological polar surface area (TPSA) is 27.5 Å². The maximum Gasteiger partial charge on any atom is 0.137 e. The van der Waals surface area contributed by atoms with E-state index in [0.717, 1.165) is 69.1 Å². The molecule has 7 heteroatoms. The molecule has 2 aromatic carbocycles. The largest absolute Gasteiger partial charge is 0.354 e. The number of anilines is 1. The SMILES string of the molecule is CCCc1nn(-c2cccc(Cl)c2)c(N2CCN(C)CC2)c1CN(Cc1ccc(F)cc1)C(C)C. The van der Waals surface area contributed by atoms with Gasteiger partial charge in [-0.15, -0.1) is 0 Å². The van der Waals surface area contributed by atoms with Crippen LogP contribution in [0, 0.1) is 5.82 Å². The number of piperazine rings is 1. The lowest BCUT2D eigenvalue weighted by Gasteiger charge is -2.35. The molecule has 0 radical (unpaired) electrons. The summed E-state index contributed by atoms with van der Waals surface area (Å²) in [4.78, 5) is 7.31. The second kappa shape index (κ2) is 11.5. The minimum absolute atomic E-state index is 0.199. The minimum Gasteiger partial charge on any atom is -0.354 e. The summed E-state index contributed by atoms with van der Waals surface area (Å²) in [5.41, 5.74) is 4.53. The van der Waals surface area contributed by atoms with Crippen LogP contribution in [-0.2, 0) is 19.5 Å². The van der Waals surface area contributed by atoms with Gasteiger partial charge in [0.05, 0.1) is 11.4 Å². The van der Waals surface area contributed by atoms with Crippen LogP contribution in [0.5, 0.6) is 0 Å². The van der Waals surface area contributed by atoms with Crippen LogP contribution in [0.15, 0.2) is 48.5 Å². The van der Waals surface area contributed by atoms with Gasteiger partial charge in [0, 0.05) is 55.9 Å². The van der Waals surface area contributed by atoms with Crippen LogP contribution in [-0.4, -0.2) is 58.8 Å². The molecule has 1 saturated heterocycles. The van der Waals surface area contributed by atoms with E-state index in [-0.39, 0.29) is 5.82 Å². The Kier molecular flexibility index (Phi) is 8.47. The van der Waals surface area contributed by atoms with Crippen LogP contribution >= 0.6 is 11.6 Å². The lowest BCUT2D eigenvalue weighted by Crippen LogP contribution is -2.45. The number of hydrogen-bond donors (Lipinski definition) is 0. The number of halogens is 2. The molecule has 3 aromatic rings. The van der Waals surface area contributed by atoms with Gasteiger partial charge < -0.3 is 9.80 Å². The standard InChI is InChI=1S/C28H37ClFN5/c1-5-7-27-26(20-34(21(2)3)19-22-10-12-24(30)13-11-22)28(33-16-14-32(4)15-17-33)35(31-27)25-9-6-8-23(29)18-25/h6,8-13,18,21H,5,7,14-17,19-20H2,1-4H3. The van der Waals surface area contributed by atoms with E-state index in [1.807, 2.05) is 30.3 Å². The van der Waals surface area contributed by atoms with Gasteiger partial charge in [-0.2, -0.15) is 5.10 Å². The van der Waals surface area contributed by atoms with Crippen LogP contribution in [0.1, 0.15) is 44.0 Å². The molecule has 0 atom stereocenters. The van der Waals surface area contributed by atoms with Gasteiger partial charge in [0.2, 0.25) is 0 Å². The van der Waals surface area contributed by atoms with Crippen molar-refractivity contribution >= 4 is 17.4 Å². The Morgan fingerprint density at radius 2 is 1.74 bits per heavy atom. The van der Waals surface area contributed by atoms with Crippen LogP contribution in [0.4, 0.5) is 10.2 Å². The highest BCUT2D eigenvalue weighted by atomic mass is 35.5. The Morgan fingerprint density at radius 3 is 2.37 bits per heavy atom. The van der Waals surface area contributed by atoms with Crippen molar-refractivity contribution in [3.63, 3.8) is 0 Å². The average molecular weight is 498 g/mol. The lowest BCUT2D eigenvalue weighted by atomic mass is 10.1. The molecule has 0 spiro atoms. The van der Waals surface area contributed by atoms with E-state index in [0.29, 0.717) is 11.1 Å². The first-order chi connectivity index (χ1) is 16.9. The fourth-order valence-electron chi connectivity index (χ4n) is 4.66. The third-order valence-corrected chi connectivity index (χ3v) is 7.01. The summed E-state index contributed by atoms with van der Waals surface area (Å²) in [5, 5.41) is 5.87. The molecule has 0 amide bonds. The molecule has 0 aliphatic carbocycles. The van der Waals surface area contributed by atoms with Gasteiger partial charge in [0.1, 0.15) is 11.6 Å². The molecule has 0 N–H and O–H groups in total. The third kappa shape index (κ3) is 6.24. The van der Waals surface area contributed by atoms with E-state index in [1.165, 1.54) is 11.4 Å². The summed E-state index contributed by atoms with van der Waals surface area (Å²) >= 11 is 6.39. The van der Waals surface area contributed by atoms with Crippen LogP contribution in [0.25, 0.3) is 5.69 Å². The van der Waals surface area contributed by atoms with Crippen molar-refractivity contribution in [3.8, 4) is 5.69 Å². The van der Waals surface area contributed by atoms with Crippen molar-refractivity contribution in [3.05, 3.63) is 76.2 Å². The van der Waals surface area contributed by atoms with Gasteiger partial charge in [-0.25, -0.2) is 9.07 Å². The number of benzene rings is 2. The van der Waals surface area contributed by atoms with Gasteiger partial charge in [-0.1, -0.05) is 43.1 Å². The smallest absolute Gasteiger partial charge is 0.137 e. The second-order valence-electron chi connectivity index (χ2n) is 9.81. The van der Waals surface area contributed by atoms with Crippen molar-refractivity contribution in [1.82, 2.24) is 19.6 Å². The first kappa shape index (κ1) is 25.7. The van der Waals surface area contributed by atoms with Crippen LogP contribution in [0.2, 0.25) is 5.02 Å². The minimum atomic E-state index is -0.199. The molecular weight excluding hydrogens is 461 g/mol. The third-order valence-electron chi connectivity index (χ3n) is 6.77. The number of aryl methyl sites for hydroxylation is 1. The van der Waals surface area contributed by atoms with Crippen LogP contribution < -0.4 is 4.90 Å². The van der Waals surface area contributed by atoms with E-state index < -0.39 is 0 Å². The summed E-state index contributed by atoms with van der Waals surface area (Å²) in [5.74, 6) is 0.976. The van der Waals surface area contributed by atoms with Crippen molar-refractivity contribution in [2.45, 2.75) is 52.7 Å². The lowest BCUT2D eigenvalue weighted by molar-refractivity contribution is 0.203. The van der Waals surface area contributed by atoms with Crippen molar-refractivity contribution in [2.75, 3.05) is 38.1 Å². The van der Waals surface area contributed by atoms with Gasteiger partial charge in [0.15, 0.2) is 0 Å². The number of aromatic nitrogens is 2. The molecule has 0 unspecified atom stereocenters. The Bertz CT molecular complexity index is 1100. The monoisotopic (exact) mass is 497 g/mol. The summed E-state index contributed by atoms with van der Waals surface area (Å²) in [6, 6.07) is 15.1. The maximum absolute atomic E-state index is 13.5. The zero-order chi connectivity index (χ0) is 24.9. The molecule has 35 heavy (non-hydrogen) atoms. The van der Waals surface area contributed by atoms with Gasteiger partial charge >= 0.3 is 0 Å². The van der Waals surface area contributed by atoms with E-state index in [1.54, 1.807) is 12.1 Å². The Morgan fingerprint density at radius 1 is 1.03 bits per heavy atom. The Hall–Kier alpha value is -2.41. The summed E-state index contributed by atoms with van der Waals surface area (Å²) in [6.07, 6.45) is 1.95. The van der Waals surface area contributed by atoms with Crippen molar-refractivity contribution in [1.29, 1.82) is 0 Å². The molecule has 1 fully saturated rings. The summed E-state index contributed by atoms with van der Waals surface area (Å²) in [6.45, 7) is 12.2. The molecule has 1 aliphatic rings. The predicted molar refractivity (Wildman–Crippen MR) is 143 cm³/mol. The number of hydrogen-bond acceptors (Lipinski definition) is 4. The molecule has 2 heterocycles. The van der Waals surface area contributed by atoms with Crippen molar-refractivity contribution < 1.29 is 4.39 Å². The zero-order valence-corrected chi connectivity index (χ0v) is 22.1. The van der Waals surface area contributed by atoms with Gasteiger partial charge in [-0.05, 0) is 63.2 Å². The average Bonchev–Trinajstić information content (AvgIpc) is 3.18. The van der Waals surface area contributed by atoms with Gasteiger partial charge in [0.25, 0.3) is 0 Å². The molecule has 1 aromatic heterocycles. The molecule has 0 saturated carbocycles. The predicted octanol–water partition coefficient (Wildman–Crippen LogP) is 5.78. The van der Waals surface area contributed by atoms with E-state index in [9.17, 15) is 4.39 Å².